The molecule has 162 valence electrons. The highest BCUT2D eigenvalue weighted by Gasteiger charge is 2.41. The molecule has 1 unspecified atom stereocenters. The molecule has 1 amide bonds. The standard InChI is InChI=1S/C21H21Cl2N5O3/c1-31-18-5-2-13(19-24-26-27-25-19)10-15(18)20(30)28-8-6-21(12-28,7-9-29)14-3-4-16(22)17(23)11-14/h2-5,10-11,29H,6-9,12H2,1H3,(H,24,25,26,27). The van der Waals surface area contributed by atoms with Crippen LogP contribution < -0.4 is 4.74 Å². The molecule has 1 aromatic heterocycles. The van der Waals surface area contributed by atoms with Gasteiger partial charge in [0.15, 0.2) is 5.82 Å². The van der Waals surface area contributed by atoms with E-state index in [0.717, 1.165) is 5.56 Å². The Labute approximate surface area is 189 Å². The molecule has 10 heteroatoms. The first-order chi connectivity index (χ1) is 15.0. The predicted molar refractivity (Wildman–Crippen MR) is 117 cm³/mol. The zero-order chi connectivity index (χ0) is 22.0. The first kappa shape index (κ1) is 21.5. The Morgan fingerprint density at radius 3 is 2.77 bits per heavy atom. The van der Waals surface area contributed by atoms with Crippen molar-refractivity contribution >= 4 is 29.1 Å². The van der Waals surface area contributed by atoms with Gasteiger partial charge in [-0.15, -0.1) is 5.10 Å². The monoisotopic (exact) mass is 461 g/mol. The number of methoxy groups -OCH3 is 1. The number of tetrazole rings is 1. The van der Waals surface area contributed by atoms with E-state index < -0.39 is 5.41 Å². The van der Waals surface area contributed by atoms with E-state index in [1.807, 2.05) is 12.1 Å². The van der Waals surface area contributed by atoms with Crippen LogP contribution >= 0.6 is 23.2 Å². The van der Waals surface area contributed by atoms with Crippen LogP contribution in [0.25, 0.3) is 11.4 Å². The van der Waals surface area contributed by atoms with Crippen molar-refractivity contribution < 1.29 is 14.6 Å². The number of hydrogen-bond donors (Lipinski definition) is 2. The highest BCUT2D eigenvalue weighted by Crippen LogP contribution is 2.41. The maximum atomic E-state index is 13.5. The Morgan fingerprint density at radius 1 is 1.26 bits per heavy atom. The summed E-state index contributed by atoms with van der Waals surface area (Å²) in [6, 6.07) is 10.7. The van der Waals surface area contributed by atoms with Gasteiger partial charge in [-0.3, -0.25) is 4.79 Å². The molecule has 0 radical (unpaired) electrons. The number of halogens is 2. The van der Waals surface area contributed by atoms with Crippen molar-refractivity contribution in [2.45, 2.75) is 18.3 Å². The number of rotatable bonds is 6. The lowest BCUT2D eigenvalue weighted by Crippen LogP contribution is -2.35. The molecule has 0 spiro atoms. The summed E-state index contributed by atoms with van der Waals surface area (Å²) in [6.45, 7) is 0.984. The average Bonchev–Trinajstić information content (AvgIpc) is 3.46. The number of ether oxygens (including phenoxy) is 1. The van der Waals surface area contributed by atoms with Gasteiger partial charge in [-0.1, -0.05) is 29.3 Å². The van der Waals surface area contributed by atoms with Crippen molar-refractivity contribution in [1.82, 2.24) is 25.5 Å². The third kappa shape index (κ3) is 4.11. The number of carbonyl (C=O) groups is 1. The average molecular weight is 462 g/mol. The van der Waals surface area contributed by atoms with E-state index in [2.05, 4.69) is 20.6 Å². The van der Waals surface area contributed by atoms with Crippen molar-refractivity contribution in [1.29, 1.82) is 0 Å². The molecule has 1 aliphatic heterocycles. The fourth-order valence-corrected chi connectivity index (χ4v) is 4.44. The predicted octanol–water partition coefficient (Wildman–Crippen LogP) is 3.35. The number of carbonyl (C=O) groups excluding carboxylic acids is 1. The van der Waals surface area contributed by atoms with Gasteiger partial charge >= 0.3 is 0 Å². The van der Waals surface area contributed by atoms with Gasteiger partial charge in [0.2, 0.25) is 0 Å². The number of nitrogens with one attached hydrogen (secondary N) is 1. The number of amides is 1. The van der Waals surface area contributed by atoms with Gasteiger partial charge in [-0.2, -0.15) is 0 Å². The number of aromatic nitrogens is 4. The van der Waals surface area contributed by atoms with Gasteiger partial charge in [-0.05, 0) is 59.2 Å². The normalized spacial score (nSPS) is 18.4. The molecular weight excluding hydrogens is 441 g/mol. The van der Waals surface area contributed by atoms with Crippen molar-refractivity contribution in [2.75, 3.05) is 26.8 Å². The minimum atomic E-state index is -0.404. The minimum absolute atomic E-state index is 0.000421. The Balaban J connectivity index is 1.65. The highest BCUT2D eigenvalue weighted by molar-refractivity contribution is 6.42. The molecule has 2 aromatic carbocycles. The second-order valence-electron chi connectivity index (χ2n) is 7.52. The number of aliphatic hydroxyl groups is 1. The van der Waals surface area contributed by atoms with E-state index >= 15 is 0 Å². The number of H-pyrrole nitrogens is 1. The molecule has 2 heterocycles. The van der Waals surface area contributed by atoms with Crippen molar-refractivity contribution in [3.05, 3.63) is 57.6 Å². The molecule has 0 bridgehead atoms. The SMILES string of the molecule is COc1ccc(-c2nnn[nH]2)cc1C(=O)N1CCC(CCO)(c2ccc(Cl)c(Cl)c2)C1. The number of nitrogens with zero attached hydrogens (tertiary/aromatic N) is 4. The number of hydrogen-bond acceptors (Lipinski definition) is 6. The largest absolute Gasteiger partial charge is 0.496 e. The number of benzene rings is 2. The highest BCUT2D eigenvalue weighted by atomic mass is 35.5. The van der Waals surface area contributed by atoms with Gasteiger partial charge in [0.1, 0.15) is 5.75 Å². The Kier molecular flexibility index (Phi) is 6.13. The maximum Gasteiger partial charge on any atom is 0.257 e. The molecule has 4 rings (SSSR count). The Hall–Kier alpha value is -2.68. The lowest BCUT2D eigenvalue weighted by atomic mass is 9.77. The van der Waals surface area contributed by atoms with E-state index in [1.165, 1.54) is 7.11 Å². The summed E-state index contributed by atoms with van der Waals surface area (Å²) in [5.74, 6) is 0.769. The second kappa shape index (κ2) is 8.82. The van der Waals surface area contributed by atoms with Gasteiger partial charge in [0, 0.05) is 30.7 Å². The summed E-state index contributed by atoms with van der Waals surface area (Å²) < 4.78 is 5.43. The molecule has 0 aliphatic carbocycles. The van der Waals surface area contributed by atoms with Crippen LogP contribution in [0.4, 0.5) is 0 Å². The summed E-state index contributed by atoms with van der Waals surface area (Å²) in [7, 11) is 1.53. The molecule has 0 saturated carbocycles. The zero-order valence-electron chi connectivity index (χ0n) is 16.8. The molecule has 31 heavy (non-hydrogen) atoms. The van der Waals surface area contributed by atoms with E-state index in [4.69, 9.17) is 27.9 Å². The van der Waals surface area contributed by atoms with Crippen molar-refractivity contribution in [3.63, 3.8) is 0 Å². The molecule has 8 nitrogen and oxygen atoms in total. The third-order valence-corrected chi connectivity index (χ3v) is 6.55. The number of aliphatic hydroxyl groups excluding tert-OH is 1. The topological polar surface area (TPSA) is 104 Å². The quantitative estimate of drug-likeness (QED) is 0.583. The second-order valence-corrected chi connectivity index (χ2v) is 8.34. The molecule has 2 N–H and O–H groups in total. The first-order valence-electron chi connectivity index (χ1n) is 9.75. The number of aromatic amines is 1. The smallest absolute Gasteiger partial charge is 0.257 e. The summed E-state index contributed by atoms with van der Waals surface area (Å²) >= 11 is 12.3. The van der Waals surface area contributed by atoms with E-state index in [0.29, 0.717) is 58.7 Å². The molecular formula is C21H21Cl2N5O3. The van der Waals surface area contributed by atoms with Crippen molar-refractivity contribution in [2.24, 2.45) is 0 Å². The Bertz CT molecular complexity index is 1090. The fourth-order valence-electron chi connectivity index (χ4n) is 4.14. The Morgan fingerprint density at radius 2 is 2.10 bits per heavy atom. The van der Waals surface area contributed by atoms with Crippen LogP contribution in [0.5, 0.6) is 5.75 Å². The van der Waals surface area contributed by atoms with Crippen LogP contribution in [0, 0.1) is 0 Å². The maximum absolute atomic E-state index is 13.5. The first-order valence-corrected chi connectivity index (χ1v) is 10.5. The van der Waals surface area contributed by atoms with Crippen LogP contribution in [0.1, 0.15) is 28.8 Å². The van der Waals surface area contributed by atoms with Gasteiger partial charge in [0.05, 0.1) is 22.7 Å². The van der Waals surface area contributed by atoms with Crippen LogP contribution in [0.15, 0.2) is 36.4 Å². The van der Waals surface area contributed by atoms with E-state index in [-0.39, 0.29) is 12.5 Å². The lowest BCUT2D eigenvalue weighted by molar-refractivity contribution is 0.0776. The van der Waals surface area contributed by atoms with Crippen LogP contribution in [-0.2, 0) is 5.41 Å². The van der Waals surface area contributed by atoms with Gasteiger partial charge < -0.3 is 14.7 Å². The minimum Gasteiger partial charge on any atom is -0.496 e. The van der Waals surface area contributed by atoms with E-state index in [1.54, 1.807) is 29.2 Å². The third-order valence-electron chi connectivity index (χ3n) is 5.81. The lowest BCUT2D eigenvalue weighted by Gasteiger charge is -2.30. The summed E-state index contributed by atoms with van der Waals surface area (Å²) in [4.78, 5) is 15.2. The molecule has 1 aliphatic rings. The van der Waals surface area contributed by atoms with Crippen molar-refractivity contribution in [3.8, 4) is 17.1 Å². The molecule has 1 saturated heterocycles. The summed E-state index contributed by atoms with van der Waals surface area (Å²) in [6.07, 6.45) is 1.21. The van der Waals surface area contributed by atoms with Gasteiger partial charge in [-0.25, -0.2) is 5.10 Å². The molecule has 1 fully saturated rings. The fraction of sp³-hybridized carbons (Fsp3) is 0.333. The summed E-state index contributed by atoms with van der Waals surface area (Å²) in [5, 5.41) is 24.4. The molecule has 1 atom stereocenters. The van der Waals surface area contributed by atoms with Gasteiger partial charge in [0.25, 0.3) is 5.91 Å². The van der Waals surface area contributed by atoms with Crippen LogP contribution in [0.2, 0.25) is 10.0 Å². The molecule has 3 aromatic rings. The number of likely N-dealkylation sites (tertiary alicyclic amines) is 1. The summed E-state index contributed by atoms with van der Waals surface area (Å²) in [5.41, 5.74) is 1.66. The zero-order valence-corrected chi connectivity index (χ0v) is 18.3. The van der Waals surface area contributed by atoms with Crippen LogP contribution in [0.3, 0.4) is 0 Å². The van der Waals surface area contributed by atoms with E-state index in [9.17, 15) is 9.90 Å². The van der Waals surface area contributed by atoms with Crippen LogP contribution in [-0.4, -0.2) is 63.3 Å².